The molecule has 5 heteroatoms. The van der Waals surface area contributed by atoms with Crippen molar-refractivity contribution in [3.05, 3.63) is 30.3 Å². The van der Waals surface area contributed by atoms with Gasteiger partial charge in [0.2, 0.25) is 0 Å². The molecule has 1 aliphatic rings. The van der Waals surface area contributed by atoms with Crippen molar-refractivity contribution in [2.24, 2.45) is 5.41 Å². The Hall–Kier alpha value is -0.670. The second-order valence-corrected chi connectivity index (χ2v) is 6.70. The van der Waals surface area contributed by atoms with Crippen LogP contribution in [0.5, 0.6) is 0 Å². The molecule has 1 unspecified atom stereocenters. The summed E-state index contributed by atoms with van der Waals surface area (Å²) in [6.45, 7) is 5.33. The monoisotopic (exact) mass is 240 g/mol. The van der Waals surface area contributed by atoms with E-state index in [1.165, 1.54) is 0 Å². The Morgan fingerprint density at radius 1 is 1.38 bits per heavy atom. The number of nitrogens with one attached hydrogen (secondary N) is 2. The number of benzene rings is 1. The smallest absolute Gasteiger partial charge is 0.270 e. The van der Waals surface area contributed by atoms with Gasteiger partial charge in [0.05, 0.1) is 5.69 Å². The summed E-state index contributed by atoms with van der Waals surface area (Å²) < 4.78 is 5.42. The van der Waals surface area contributed by atoms with Crippen LogP contribution in [0.1, 0.15) is 13.8 Å². The molecule has 1 aliphatic heterocycles. The van der Waals surface area contributed by atoms with E-state index >= 15 is 0 Å². The molecule has 1 aromatic carbocycles. The lowest BCUT2D eigenvalue weighted by Gasteiger charge is -2.39. The summed E-state index contributed by atoms with van der Waals surface area (Å²) in [6.07, 6.45) is 0. The molecule has 1 saturated heterocycles. The van der Waals surface area contributed by atoms with Crippen molar-refractivity contribution in [1.29, 1.82) is 0 Å². The SMILES string of the molecule is CC1(C)CN[P+]([O-])(Nc2ccccc2)OC1. The van der Waals surface area contributed by atoms with Crippen molar-refractivity contribution >= 4 is 13.7 Å². The second-order valence-electron chi connectivity index (χ2n) is 4.80. The van der Waals surface area contributed by atoms with Crippen molar-refractivity contribution < 1.29 is 9.42 Å². The average molecular weight is 240 g/mol. The Labute approximate surface area is 96.6 Å². The lowest BCUT2D eigenvalue weighted by Crippen LogP contribution is -2.46. The molecule has 16 heavy (non-hydrogen) atoms. The Morgan fingerprint density at radius 3 is 2.62 bits per heavy atom. The first-order valence-corrected chi connectivity index (χ1v) is 6.95. The minimum absolute atomic E-state index is 0.0340. The van der Waals surface area contributed by atoms with Gasteiger partial charge >= 0.3 is 0 Å². The standard InChI is InChI=1S/C11H17N2O2P/c1-11(2)8-12-16(14,15-9-11)13-10-6-4-3-5-7-10/h3-7H,8-9H2,1-2H3,(H2,12,13,14). The zero-order chi connectivity index (χ0) is 11.6. The molecule has 0 amide bonds. The normalized spacial score (nSPS) is 28.7. The lowest BCUT2D eigenvalue weighted by molar-refractivity contribution is -0.201. The highest BCUT2D eigenvalue weighted by Crippen LogP contribution is 2.50. The van der Waals surface area contributed by atoms with Crippen molar-refractivity contribution in [3.8, 4) is 0 Å². The third kappa shape index (κ3) is 2.92. The fraction of sp³-hybridized carbons (Fsp3) is 0.455. The summed E-state index contributed by atoms with van der Waals surface area (Å²) in [5.41, 5.74) is 0.838. The molecule has 0 aliphatic carbocycles. The van der Waals surface area contributed by atoms with Crippen LogP contribution >= 0.6 is 8.02 Å². The van der Waals surface area contributed by atoms with Gasteiger partial charge in [0.1, 0.15) is 6.61 Å². The zero-order valence-electron chi connectivity index (χ0n) is 9.56. The van der Waals surface area contributed by atoms with Crippen LogP contribution in [-0.4, -0.2) is 13.2 Å². The number of para-hydroxylation sites is 1. The molecule has 88 valence electrons. The Balaban J connectivity index is 2.00. The Morgan fingerprint density at radius 2 is 2.06 bits per heavy atom. The molecular formula is C11H17N2O2P. The second kappa shape index (κ2) is 4.30. The third-order valence-electron chi connectivity index (χ3n) is 2.45. The first kappa shape index (κ1) is 11.8. The lowest BCUT2D eigenvalue weighted by atomic mass is 9.96. The van der Waals surface area contributed by atoms with E-state index in [1.54, 1.807) is 0 Å². The van der Waals surface area contributed by atoms with Gasteiger partial charge in [0, 0.05) is 12.0 Å². The van der Waals surface area contributed by atoms with Gasteiger partial charge in [0.15, 0.2) is 0 Å². The molecule has 4 nitrogen and oxygen atoms in total. The zero-order valence-corrected chi connectivity index (χ0v) is 10.5. The minimum atomic E-state index is -2.92. The number of rotatable bonds is 2. The fourth-order valence-electron chi connectivity index (χ4n) is 1.43. The number of anilines is 1. The van der Waals surface area contributed by atoms with Gasteiger partial charge in [-0.1, -0.05) is 32.0 Å². The van der Waals surface area contributed by atoms with Gasteiger partial charge in [-0.05, 0) is 12.1 Å². The molecule has 0 radical (unpaired) electrons. The highest BCUT2D eigenvalue weighted by atomic mass is 31.2. The topological polar surface area (TPSA) is 56.3 Å². The maximum atomic E-state index is 12.2. The van der Waals surface area contributed by atoms with Crippen molar-refractivity contribution in [2.75, 3.05) is 18.2 Å². The van der Waals surface area contributed by atoms with Crippen molar-refractivity contribution in [1.82, 2.24) is 5.09 Å². The molecule has 2 rings (SSSR count). The molecular weight excluding hydrogens is 223 g/mol. The van der Waals surface area contributed by atoms with Gasteiger partial charge < -0.3 is 4.89 Å². The summed E-state index contributed by atoms with van der Waals surface area (Å²) in [5.74, 6) is 0. The maximum Gasteiger partial charge on any atom is 0.270 e. The van der Waals surface area contributed by atoms with Crippen LogP contribution in [0.25, 0.3) is 0 Å². The first-order valence-electron chi connectivity index (χ1n) is 5.32. The molecule has 1 aromatic rings. The highest BCUT2D eigenvalue weighted by Gasteiger charge is 2.39. The average Bonchev–Trinajstić information content (AvgIpc) is 2.25. The first-order chi connectivity index (χ1) is 7.49. The van der Waals surface area contributed by atoms with E-state index < -0.39 is 8.02 Å². The fourth-order valence-corrected chi connectivity index (χ4v) is 3.33. The molecule has 1 atom stereocenters. The highest BCUT2D eigenvalue weighted by molar-refractivity contribution is 7.63. The van der Waals surface area contributed by atoms with Gasteiger partial charge in [0.25, 0.3) is 8.02 Å². The van der Waals surface area contributed by atoms with Crippen LogP contribution in [-0.2, 0) is 4.52 Å². The van der Waals surface area contributed by atoms with Crippen LogP contribution in [0.4, 0.5) is 5.69 Å². The van der Waals surface area contributed by atoms with Crippen LogP contribution < -0.4 is 15.1 Å². The van der Waals surface area contributed by atoms with Crippen LogP contribution in [0, 0.1) is 5.41 Å². The summed E-state index contributed by atoms with van der Waals surface area (Å²) in [5, 5.41) is 5.87. The van der Waals surface area contributed by atoms with E-state index in [-0.39, 0.29) is 5.41 Å². The van der Waals surface area contributed by atoms with E-state index in [2.05, 4.69) is 24.0 Å². The molecule has 0 aromatic heterocycles. The molecule has 2 N–H and O–H groups in total. The van der Waals surface area contributed by atoms with Crippen molar-refractivity contribution in [3.63, 3.8) is 0 Å². The van der Waals surface area contributed by atoms with Gasteiger partial charge in [-0.25, -0.2) is 5.09 Å². The van der Waals surface area contributed by atoms with Gasteiger partial charge in [-0.15, -0.1) is 0 Å². The Kier molecular flexibility index (Phi) is 3.17. The van der Waals surface area contributed by atoms with Crippen LogP contribution in [0.3, 0.4) is 0 Å². The predicted octanol–water partition coefficient (Wildman–Crippen LogP) is 1.78. The quantitative estimate of drug-likeness (QED) is 0.774. The molecule has 0 saturated carbocycles. The molecule has 0 bridgehead atoms. The molecule has 1 heterocycles. The van der Waals surface area contributed by atoms with E-state index in [1.807, 2.05) is 30.3 Å². The van der Waals surface area contributed by atoms with E-state index in [0.717, 1.165) is 5.69 Å². The summed E-state index contributed by atoms with van der Waals surface area (Å²) in [4.78, 5) is 12.2. The van der Waals surface area contributed by atoms with E-state index in [0.29, 0.717) is 13.2 Å². The minimum Gasteiger partial charge on any atom is -0.622 e. The van der Waals surface area contributed by atoms with Crippen LogP contribution in [0.15, 0.2) is 30.3 Å². The molecule has 1 fully saturated rings. The summed E-state index contributed by atoms with van der Waals surface area (Å²) in [6, 6.07) is 9.43. The largest absolute Gasteiger partial charge is 0.622 e. The number of hydrogen-bond donors (Lipinski definition) is 2. The van der Waals surface area contributed by atoms with Gasteiger partial charge in [-0.3, -0.25) is 0 Å². The van der Waals surface area contributed by atoms with Gasteiger partial charge in [-0.2, -0.15) is 9.61 Å². The summed E-state index contributed by atoms with van der Waals surface area (Å²) >= 11 is 0. The predicted molar refractivity (Wildman–Crippen MR) is 64.7 cm³/mol. The third-order valence-corrected chi connectivity index (χ3v) is 4.07. The maximum absolute atomic E-state index is 12.2. The van der Waals surface area contributed by atoms with Crippen molar-refractivity contribution in [2.45, 2.75) is 13.8 Å². The molecule has 0 spiro atoms. The van der Waals surface area contributed by atoms with E-state index in [4.69, 9.17) is 4.52 Å². The Bertz CT molecular complexity index is 346. The summed E-state index contributed by atoms with van der Waals surface area (Å²) in [7, 11) is -2.92. The van der Waals surface area contributed by atoms with Crippen LogP contribution in [0.2, 0.25) is 0 Å². The number of hydrogen-bond acceptors (Lipinski definition) is 4. The van der Waals surface area contributed by atoms with E-state index in [9.17, 15) is 4.89 Å².